The second kappa shape index (κ2) is 5.03. The average Bonchev–Trinajstić information content (AvgIpc) is 2.27. The van der Waals surface area contributed by atoms with Gasteiger partial charge in [0.1, 0.15) is 0 Å². The molecule has 2 nitrogen and oxygen atoms in total. The molecule has 2 heteroatoms. The number of carbonyl (C=O) groups excluding carboxylic acids is 1. The summed E-state index contributed by atoms with van der Waals surface area (Å²) in [5.41, 5.74) is 0.415. The fraction of sp³-hybridized carbons (Fsp3) is 0.786. The summed E-state index contributed by atoms with van der Waals surface area (Å²) in [7, 11) is 0. The van der Waals surface area contributed by atoms with E-state index in [-0.39, 0.29) is 5.91 Å². The largest absolute Gasteiger partial charge is 0.339 e. The van der Waals surface area contributed by atoms with Crippen LogP contribution in [0.4, 0.5) is 0 Å². The van der Waals surface area contributed by atoms with Crippen LogP contribution in [0.2, 0.25) is 0 Å². The number of hydrogen-bond acceptors (Lipinski definition) is 1. The third-order valence-electron chi connectivity index (χ3n) is 4.48. The van der Waals surface area contributed by atoms with Gasteiger partial charge in [-0.3, -0.25) is 4.79 Å². The molecule has 1 aliphatic heterocycles. The molecule has 0 bridgehead atoms. The molecule has 1 saturated heterocycles. The molecule has 0 aromatic carbocycles. The highest BCUT2D eigenvalue weighted by Crippen LogP contribution is 2.44. The summed E-state index contributed by atoms with van der Waals surface area (Å²) in [5.74, 6) is 1.46. The number of rotatable bonds is 3. The van der Waals surface area contributed by atoms with Crippen molar-refractivity contribution >= 4 is 5.91 Å². The van der Waals surface area contributed by atoms with E-state index in [0.717, 1.165) is 25.9 Å². The van der Waals surface area contributed by atoms with Gasteiger partial charge in [0.15, 0.2) is 0 Å². The standard InChI is InChI=1S/C14H25NO/c1-6-13(16)15-9-7-14(8-10-15,11(2)3)12(4)5/h6,11-12H,1,7-10H2,2-5H3. The fourth-order valence-electron chi connectivity index (χ4n) is 3.09. The molecule has 1 amide bonds. The second-order valence-corrected chi connectivity index (χ2v) is 5.57. The summed E-state index contributed by atoms with van der Waals surface area (Å²) in [5, 5.41) is 0. The quantitative estimate of drug-likeness (QED) is 0.673. The van der Waals surface area contributed by atoms with Crippen molar-refractivity contribution in [3.8, 4) is 0 Å². The molecule has 0 unspecified atom stereocenters. The summed E-state index contributed by atoms with van der Waals surface area (Å²) in [6, 6.07) is 0. The molecule has 1 heterocycles. The Morgan fingerprint density at radius 2 is 1.62 bits per heavy atom. The first-order valence-corrected chi connectivity index (χ1v) is 6.35. The molecule has 0 aliphatic carbocycles. The topological polar surface area (TPSA) is 20.3 Å². The predicted molar refractivity (Wildman–Crippen MR) is 68.1 cm³/mol. The monoisotopic (exact) mass is 223 g/mol. The minimum absolute atomic E-state index is 0.0844. The molecular formula is C14H25NO. The SMILES string of the molecule is C=CC(=O)N1CCC(C(C)C)(C(C)C)CC1. The molecule has 0 aromatic rings. The molecule has 16 heavy (non-hydrogen) atoms. The number of carbonyl (C=O) groups is 1. The lowest BCUT2D eigenvalue weighted by Crippen LogP contribution is -2.47. The number of hydrogen-bond donors (Lipinski definition) is 0. The van der Waals surface area contributed by atoms with Crippen LogP contribution < -0.4 is 0 Å². The normalized spacial score (nSPS) is 20.2. The molecule has 1 fully saturated rings. The van der Waals surface area contributed by atoms with Gasteiger partial charge in [-0.1, -0.05) is 34.3 Å². The van der Waals surface area contributed by atoms with Crippen molar-refractivity contribution in [3.05, 3.63) is 12.7 Å². The van der Waals surface area contributed by atoms with Gasteiger partial charge >= 0.3 is 0 Å². The molecular weight excluding hydrogens is 198 g/mol. The van der Waals surface area contributed by atoms with Crippen LogP contribution in [-0.2, 0) is 4.79 Å². The number of nitrogens with zero attached hydrogens (tertiary/aromatic N) is 1. The van der Waals surface area contributed by atoms with Crippen LogP contribution in [-0.4, -0.2) is 23.9 Å². The van der Waals surface area contributed by atoms with E-state index in [0.29, 0.717) is 17.3 Å². The number of piperidine rings is 1. The van der Waals surface area contributed by atoms with Gasteiger partial charge in [0.2, 0.25) is 5.91 Å². The van der Waals surface area contributed by atoms with E-state index >= 15 is 0 Å². The summed E-state index contributed by atoms with van der Waals surface area (Å²) >= 11 is 0. The van der Waals surface area contributed by atoms with E-state index in [9.17, 15) is 4.79 Å². The highest BCUT2D eigenvalue weighted by molar-refractivity contribution is 5.87. The average molecular weight is 223 g/mol. The van der Waals surface area contributed by atoms with Gasteiger partial charge in [-0.25, -0.2) is 0 Å². The van der Waals surface area contributed by atoms with E-state index in [2.05, 4.69) is 34.3 Å². The summed E-state index contributed by atoms with van der Waals surface area (Å²) < 4.78 is 0. The minimum atomic E-state index is 0.0844. The maximum absolute atomic E-state index is 11.5. The van der Waals surface area contributed by atoms with Crippen molar-refractivity contribution in [1.29, 1.82) is 0 Å². The van der Waals surface area contributed by atoms with Crippen molar-refractivity contribution in [3.63, 3.8) is 0 Å². The first kappa shape index (κ1) is 13.3. The zero-order chi connectivity index (χ0) is 12.3. The van der Waals surface area contributed by atoms with Crippen molar-refractivity contribution < 1.29 is 4.79 Å². The lowest BCUT2D eigenvalue weighted by atomic mass is 9.63. The third kappa shape index (κ3) is 2.31. The predicted octanol–water partition coefficient (Wildman–Crippen LogP) is 3.09. The maximum Gasteiger partial charge on any atom is 0.245 e. The Morgan fingerprint density at radius 1 is 1.19 bits per heavy atom. The lowest BCUT2D eigenvalue weighted by Gasteiger charge is -2.47. The fourth-order valence-corrected chi connectivity index (χ4v) is 3.09. The van der Waals surface area contributed by atoms with Crippen molar-refractivity contribution in [2.24, 2.45) is 17.3 Å². The van der Waals surface area contributed by atoms with Crippen LogP contribution in [0.5, 0.6) is 0 Å². The summed E-state index contributed by atoms with van der Waals surface area (Å²) in [6.07, 6.45) is 3.68. The summed E-state index contributed by atoms with van der Waals surface area (Å²) in [6.45, 7) is 14.6. The Morgan fingerprint density at radius 3 is 1.94 bits per heavy atom. The molecule has 0 aromatic heterocycles. The Balaban J connectivity index is 2.70. The van der Waals surface area contributed by atoms with Gasteiger partial charge in [0.25, 0.3) is 0 Å². The van der Waals surface area contributed by atoms with Crippen molar-refractivity contribution in [1.82, 2.24) is 4.90 Å². The van der Waals surface area contributed by atoms with Gasteiger partial charge < -0.3 is 4.90 Å². The van der Waals surface area contributed by atoms with Gasteiger partial charge in [-0.15, -0.1) is 0 Å². The molecule has 92 valence electrons. The Bertz CT molecular complexity index is 250. The summed E-state index contributed by atoms with van der Waals surface area (Å²) in [4.78, 5) is 13.5. The van der Waals surface area contributed by atoms with Crippen LogP contribution in [0.15, 0.2) is 12.7 Å². The minimum Gasteiger partial charge on any atom is -0.339 e. The van der Waals surface area contributed by atoms with Gasteiger partial charge in [0.05, 0.1) is 0 Å². The van der Waals surface area contributed by atoms with E-state index < -0.39 is 0 Å². The smallest absolute Gasteiger partial charge is 0.245 e. The first-order valence-electron chi connectivity index (χ1n) is 6.35. The maximum atomic E-state index is 11.5. The number of amides is 1. The van der Waals surface area contributed by atoms with Crippen LogP contribution in [0, 0.1) is 17.3 Å². The van der Waals surface area contributed by atoms with Crippen LogP contribution >= 0.6 is 0 Å². The van der Waals surface area contributed by atoms with Gasteiger partial charge in [-0.05, 0) is 36.2 Å². The van der Waals surface area contributed by atoms with Crippen molar-refractivity contribution in [2.75, 3.05) is 13.1 Å². The zero-order valence-corrected chi connectivity index (χ0v) is 11.1. The van der Waals surface area contributed by atoms with Crippen LogP contribution in [0.1, 0.15) is 40.5 Å². The Kier molecular flexibility index (Phi) is 4.17. The van der Waals surface area contributed by atoms with E-state index in [1.54, 1.807) is 0 Å². The van der Waals surface area contributed by atoms with Crippen molar-refractivity contribution in [2.45, 2.75) is 40.5 Å². The number of likely N-dealkylation sites (tertiary alicyclic amines) is 1. The Hall–Kier alpha value is -0.790. The molecule has 0 N–H and O–H groups in total. The van der Waals surface area contributed by atoms with E-state index in [1.807, 2.05) is 4.90 Å². The third-order valence-corrected chi connectivity index (χ3v) is 4.48. The highest BCUT2D eigenvalue weighted by atomic mass is 16.2. The molecule has 0 atom stereocenters. The van der Waals surface area contributed by atoms with Crippen LogP contribution in [0.25, 0.3) is 0 Å². The van der Waals surface area contributed by atoms with Gasteiger partial charge in [0, 0.05) is 13.1 Å². The molecule has 1 aliphatic rings. The van der Waals surface area contributed by atoms with Gasteiger partial charge in [-0.2, -0.15) is 0 Å². The highest BCUT2D eigenvalue weighted by Gasteiger charge is 2.40. The molecule has 0 spiro atoms. The second-order valence-electron chi connectivity index (χ2n) is 5.57. The first-order chi connectivity index (χ1) is 7.44. The Labute approximate surface area is 99.7 Å². The lowest BCUT2D eigenvalue weighted by molar-refractivity contribution is -0.129. The molecule has 1 rings (SSSR count). The van der Waals surface area contributed by atoms with E-state index in [4.69, 9.17) is 0 Å². The van der Waals surface area contributed by atoms with E-state index in [1.165, 1.54) is 6.08 Å². The molecule has 0 saturated carbocycles. The zero-order valence-electron chi connectivity index (χ0n) is 11.1. The molecule has 0 radical (unpaired) electrons. The van der Waals surface area contributed by atoms with Crippen LogP contribution in [0.3, 0.4) is 0 Å².